The maximum Gasteiger partial charge on any atom is 0.309 e. The van der Waals surface area contributed by atoms with Crippen LogP contribution in [-0.2, 0) is 9.53 Å². The van der Waals surface area contributed by atoms with Crippen molar-refractivity contribution < 1.29 is 14.6 Å². The molecule has 0 heterocycles. The van der Waals surface area contributed by atoms with E-state index in [1.807, 2.05) is 13.8 Å². The van der Waals surface area contributed by atoms with Crippen LogP contribution in [0.15, 0.2) is 0 Å². The third kappa shape index (κ3) is 1.13. The summed E-state index contributed by atoms with van der Waals surface area (Å²) in [5, 5.41) is 8.85. The van der Waals surface area contributed by atoms with Crippen molar-refractivity contribution in [3.63, 3.8) is 0 Å². The molecule has 1 aliphatic rings. The third-order valence-electron chi connectivity index (χ3n) is 2.70. The van der Waals surface area contributed by atoms with Crippen molar-refractivity contribution in [1.82, 2.24) is 0 Å². The van der Waals surface area contributed by atoms with E-state index in [0.717, 1.165) is 0 Å². The lowest BCUT2D eigenvalue weighted by atomic mass is 10.1. The molecular weight excluding hydrogens is 144 g/mol. The van der Waals surface area contributed by atoms with Crippen LogP contribution < -0.4 is 0 Å². The standard InChI is InChI=1S/C8H14O3/c1-8(2)5(4-9)6(8)7(10)11-3/h5-6,9H,4H2,1-3H3/t5-,6+/m1/s1. The van der Waals surface area contributed by atoms with Gasteiger partial charge < -0.3 is 9.84 Å². The zero-order valence-electron chi connectivity index (χ0n) is 7.13. The van der Waals surface area contributed by atoms with Gasteiger partial charge in [-0.15, -0.1) is 0 Å². The molecule has 1 rings (SSSR count). The molecule has 2 atom stereocenters. The Morgan fingerprint density at radius 2 is 2.18 bits per heavy atom. The van der Waals surface area contributed by atoms with Crippen molar-refractivity contribution in [1.29, 1.82) is 0 Å². The fraction of sp³-hybridized carbons (Fsp3) is 0.875. The van der Waals surface area contributed by atoms with Crippen molar-refractivity contribution in [2.75, 3.05) is 13.7 Å². The molecule has 1 N–H and O–H groups in total. The van der Waals surface area contributed by atoms with Gasteiger partial charge in [0.25, 0.3) is 0 Å². The zero-order valence-corrected chi connectivity index (χ0v) is 7.13. The highest BCUT2D eigenvalue weighted by Crippen LogP contribution is 2.58. The van der Waals surface area contributed by atoms with Gasteiger partial charge in [-0.2, -0.15) is 0 Å². The SMILES string of the molecule is COC(=O)[C@@H]1[C@@H](CO)C1(C)C. The molecule has 0 saturated heterocycles. The van der Waals surface area contributed by atoms with Gasteiger partial charge in [0.05, 0.1) is 13.0 Å². The first-order valence-electron chi connectivity index (χ1n) is 3.74. The van der Waals surface area contributed by atoms with E-state index in [4.69, 9.17) is 5.11 Å². The van der Waals surface area contributed by atoms with Gasteiger partial charge in [-0.25, -0.2) is 0 Å². The van der Waals surface area contributed by atoms with Gasteiger partial charge in [-0.1, -0.05) is 13.8 Å². The van der Waals surface area contributed by atoms with Crippen molar-refractivity contribution in [2.45, 2.75) is 13.8 Å². The normalized spacial score (nSPS) is 33.1. The summed E-state index contributed by atoms with van der Waals surface area (Å²) in [7, 11) is 1.38. The summed E-state index contributed by atoms with van der Waals surface area (Å²) in [6, 6.07) is 0. The molecule has 0 bridgehead atoms. The van der Waals surface area contributed by atoms with Gasteiger partial charge in [0, 0.05) is 12.5 Å². The van der Waals surface area contributed by atoms with Crippen LogP contribution in [0.2, 0.25) is 0 Å². The van der Waals surface area contributed by atoms with Crippen molar-refractivity contribution >= 4 is 5.97 Å². The fourth-order valence-corrected chi connectivity index (χ4v) is 1.68. The maximum absolute atomic E-state index is 11.0. The minimum Gasteiger partial charge on any atom is -0.469 e. The van der Waals surface area contributed by atoms with Crippen molar-refractivity contribution in [2.24, 2.45) is 17.3 Å². The van der Waals surface area contributed by atoms with Crippen LogP contribution in [-0.4, -0.2) is 24.8 Å². The average Bonchev–Trinajstić information content (AvgIpc) is 2.51. The summed E-state index contributed by atoms with van der Waals surface area (Å²) in [4.78, 5) is 11.0. The Labute approximate surface area is 66.4 Å². The molecular formula is C8H14O3. The summed E-state index contributed by atoms with van der Waals surface area (Å²) < 4.78 is 4.59. The van der Waals surface area contributed by atoms with E-state index < -0.39 is 0 Å². The van der Waals surface area contributed by atoms with E-state index in [1.165, 1.54) is 7.11 Å². The van der Waals surface area contributed by atoms with Crippen LogP contribution >= 0.6 is 0 Å². The van der Waals surface area contributed by atoms with E-state index in [0.29, 0.717) is 0 Å². The predicted molar refractivity (Wildman–Crippen MR) is 39.9 cm³/mol. The van der Waals surface area contributed by atoms with Crippen LogP contribution in [0.25, 0.3) is 0 Å². The number of ether oxygens (including phenoxy) is 1. The maximum atomic E-state index is 11.0. The number of carbonyl (C=O) groups is 1. The summed E-state index contributed by atoms with van der Waals surface area (Å²) in [5.74, 6) is -0.207. The van der Waals surface area contributed by atoms with Gasteiger partial charge >= 0.3 is 5.97 Å². The van der Waals surface area contributed by atoms with Crippen LogP contribution in [0.1, 0.15) is 13.8 Å². The molecule has 0 aromatic carbocycles. The van der Waals surface area contributed by atoms with E-state index in [9.17, 15) is 4.79 Å². The molecule has 1 saturated carbocycles. The predicted octanol–water partition coefficient (Wildman–Crippen LogP) is 0.424. The molecule has 0 aromatic heterocycles. The average molecular weight is 158 g/mol. The smallest absolute Gasteiger partial charge is 0.309 e. The quantitative estimate of drug-likeness (QED) is 0.592. The topological polar surface area (TPSA) is 46.5 Å². The summed E-state index contributed by atoms with van der Waals surface area (Å²) in [6.45, 7) is 4.01. The molecule has 1 fully saturated rings. The Morgan fingerprint density at radius 1 is 1.64 bits per heavy atom. The Hall–Kier alpha value is -0.570. The lowest BCUT2D eigenvalue weighted by Gasteiger charge is -1.99. The van der Waals surface area contributed by atoms with Gasteiger partial charge in [0.15, 0.2) is 0 Å². The van der Waals surface area contributed by atoms with Crippen LogP contribution in [0, 0.1) is 17.3 Å². The van der Waals surface area contributed by atoms with Crippen molar-refractivity contribution in [3.8, 4) is 0 Å². The summed E-state index contributed by atoms with van der Waals surface area (Å²) >= 11 is 0. The first-order chi connectivity index (χ1) is 5.05. The number of carbonyl (C=O) groups excluding carboxylic acids is 1. The van der Waals surface area contributed by atoms with E-state index >= 15 is 0 Å². The molecule has 0 unspecified atom stereocenters. The first kappa shape index (κ1) is 8.53. The summed E-state index contributed by atoms with van der Waals surface area (Å²) in [5.41, 5.74) is -0.0676. The van der Waals surface area contributed by atoms with Crippen LogP contribution in [0.4, 0.5) is 0 Å². The van der Waals surface area contributed by atoms with Crippen LogP contribution in [0.3, 0.4) is 0 Å². The fourth-order valence-electron chi connectivity index (χ4n) is 1.68. The lowest BCUT2D eigenvalue weighted by molar-refractivity contribution is -0.143. The number of esters is 1. The molecule has 1 aliphatic carbocycles. The largest absolute Gasteiger partial charge is 0.469 e. The number of rotatable bonds is 2. The van der Waals surface area contributed by atoms with E-state index in [2.05, 4.69) is 4.74 Å². The second kappa shape index (κ2) is 2.48. The highest BCUT2D eigenvalue weighted by Gasteiger charge is 2.62. The Balaban J connectivity index is 2.58. The molecule has 0 spiro atoms. The Kier molecular flexibility index (Phi) is 1.92. The molecule has 11 heavy (non-hydrogen) atoms. The summed E-state index contributed by atoms with van der Waals surface area (Å²) in [6.07, 6.45) is 0. The van der Waals surface area contributed by atoms with Gasteiger partial charge in [0.1, 0.15) is 0 Å². The third-order valence-corrected chi connectivity index (χ3v) is 2.70. The lowest BCUT2D eigenvalue weighted by Crippen LogP contribution is -2.07. The molecule has 0 aliphatic heterocycles. The van der Waals surface area contributed by atoms with E-state index in [1.54, 1.807) is 0 Å². The molecule has 3 nitrogen and oxygen atoms in total. The monoisotopic (exact) mass is 158 g/mol. The number of methoxy groups -OCH3 is 1. The molecule has 0 radical (unpaired) electrons. The molecule has 64 valence electrons. The Morgan fingerprint density at radius 3 is 2.45 bits per heavy atom. The molecule has 0 aromatic rings. The Bertz CT molecular complexity index is 174. The highest BCUT2D eigenvalue weighted by molar-refractivity contribution is 5.77. The molecule has 3 heteroatoms. The number of aliphatic hydroxyl groups is 1. The second-order valence-electron chi connectivity index (χ2n) is 3.61. The van der Waals surface area contributed by atoms with Gasteiger partial charge in [-0.05, 0) is 5.41 Å². The molecule has 0 amide bonds. The highest BCUT2D eigenvalue weighted by atomic mass is 16.5. The van der Waals surface area contributed by atoms with Crippen LogP contribution in [0.5, 0.6) is 0 Å². The first-order valence-corrected chi connectivity index (χ1v) is 3.74. The van der Waals surface area contributed by atoms with E-state index in [-0.39, 0.29) is 29.8 Å². The van der Waals surface area contributed by atoms with Gasteiger partial charge in [0.2, 0.25) is 0 Å². The van der Waals surface area contributed by atoms with Crippen molar-refractivity contribution in [3.05, 3.63) is 0 Å². The zero-order chi connectivity index (χ0) is 8.65. The number of hydrogen-bond donors (Lipinski definition) is 1. The number of hydrogen-bond acceptors (Lipinski definition) is 3. The number of aliphatic hydroxyl groups excluding tert-OH is 1. The minimum absolute atomic E-state index is 0.0676. The second-order valence-corrected chi connectivity index (χ2v) is 3.61. The van der Waals surface area contributed by atoms with Gasteiger partial charge in [-0.3, -0.25) is 4.79 Å². The minimum atomic E-state index is -0.200.